The summed E-state index contributed by atoms with van der Waals surface area (Å²) >= 11 is 1.05. The topological polar surface area (TPSA) is 84.0 Å². The molecule has 2 amide bonds. The molecule has 0 atom stereocenters. The Balaban J connectivity index is 2.10. The van der Waals surface area contributed by atoms with Gasteiger partial charge in [-0.15, -0.1) is 5.10 Å². The molecule has 0 aliphatic heterocycles. The summed E-state index contributed by atoms with van der Waals surface area (Å²) in [5.74, 6) is -0.416. The lowest BCUT2D eigenvalue weighted by Gasteiger charge is -2.05. The average molecular weight is 276 g/mol. The molecule has 2 aromatic rings. The van der Waals surface area contributed by atoms with Crippen molar-refractivity contribution in [3.05, 3.63) is 40.4 Å². The number of nitrogens with zero attached hydrogens (tertiary/aromatic N) is 2. The summed E-state index contributed by atoms with van der Waals surface area (Å²) in [6.07, 6.45) is 0. The van der Waals surface area contributed by atoms with Gasteiger partial charge < -0.3 is 10.6 Å². The van der Waals surface area contributed by atoms with Crippen molar-refractivity contribution < 1.29 is 9.59 Å². The van der Waals surface area contributed by atoms with Crippen LogP contribution in [0.25, 0.3) is 0 Å². The maximum Gasteiger partial charge on any atom is 0.269 e. The van der Waals surface area contributed by atoms with Gasteiger partial charge in [-0.1, -0.05) is 4.49 Å². The zero-order valence-corrected chi connectivity index (χ0v) is 11.2. The average Bonchev–Trinajstić information content (AvgIpc) is 2.85. The van der Waals surface area contributed by atoms with E-state index < -0.39 is 0 Å². The molecule has 0 aliphatic carbocycles. The number of hydrogen-bond acceptors (Lipinski definition) is 5. The van der Waals surface area contributed by atoms with E-state index in [0.29, 0.717) is 21.8 Å². The molecule has 2 N–H and O–H groups in total. The first kappa shape index (κ1) is 13.2. The Kier molecular flexibility index (Phi) is 3.86. The van der Waals surface area contributed by atoms with Crippen molar-refractivity contribution in [2.24, 2.45) is 0 Å². The summed E-state index contributed by atoms with van der Waals surface area (Å²) in [7, 11) is 1.57. The molecule has 0 aliphatic rings. The Morgan fingerprint density at radius 3 is 2.37 bits per heavy atom. The number of aromatic nitrogens is 2. The highest BCUT2D eigenvalue weighted by atomic mass is 32.1. The number of aryl methyl sites for hydroxylation is 1. The van der Waals surface area contributed by atoms with E-state index >= 15 is 0 Å². The van der Waals surface area contributed by atoms with E-state index in [2.05, 4.69) is 20.2 Å². The lowest BCUT2D eigenvalue weighted by atomic mass is 10.2. The van der Waals surface area contributed by atoms with Gasteiger partial charge >= 0.3 is 0 Å². The number of hydrogen-bond donors (Lipinski definition) is 2. The molecule has 2 rings (SSSR count). The van der Waals surface area contributed by atoms with Gasteiger partial charge in [0.15, 0.2) is 0 Å². The predicted molar refractivity (Wildman–Crippen MR) is 72.4 cm³/mol. The molecule has 1 aromatic carbocycles. The van der Waals surface area contributed by atoms with Crippen molar-refractivity contribution in [3.8, 4) is 0 Å². The van der Waals surface area contributed by atoms with Crippen LogP contribution in [0.2, 0.25) is 0 Å². The van der Waals surface area contributed by atoms with Gasteiger partial charge in [-0.2, -0.15) is 0 Å². The van der Waals surface area contributed by atoms with Gasteiger partial charge in [0.2, 0.25) is 0 Å². The molecule has 0 unspecified atom stereocenters. The summed E-state index contributed by atoms with van der Waals surface area (Å²) < 4.78 is 3.71. The molecule has 98 valence electrons. The van der Waals surface area contributed by atoms with Crippen LogP contribution in [0.15, 0.2) is 24.3 Å². The van der Waals surface area contributed by atoms with E-state index in [1.807, 2.05) is 0 Å². The zero-order valence-electron chi connectivity index (χ0n) is 10.4. The number of benzene rings is 1. The SMILES string of the molecule is CNC(=O)c1ccc(NC(=O)c2snnc2C)cc1. The summed E-state index contributed by atoms with van der Waals surface area (Å²) in [6.45, 7) is 1.73. The highest BCUT2D eigenvalue weighted by Crippen LogP contribution is 2.14. The van der Waals surface area contributed by atoms with Gasteiger partial charge in [0.05, 0.1) is 5.69 Å². The maximum absolute atomic E-state index is 11.9. The minimum Gasteiger partial charge on any atom is -0.355 e. The van der Waals surface area contributed by atoms with Crippen molar-refractivity contribution >= 4 is 29.0 Å². The Morgan fingerprint density at radius 2 is 1.84 bits per heavy atom. The molecular formula is C12H12N4O2S. The van der Waals surface area contributed by atoms with Gasteiger partial charge in [0.1, 0.15) is 4.88 Å². The fraction of sp³-hybridized carbons (Fsp3) is 0.167. The highest BCUT2D eigenvalue weighted by molar-refractivity contribution is 7.08. The van der Waals surface area contributed by atoms with Gasteiger partial charge in [-0.25, -0.2) is 0 Å². The third kappa shape index (κ3) is 2.94. The van der Waals surface area contributed by atoms with E-state index in [9.17, 15) is 9.59 Å². The minimum absolute atomic E-state index is 0.166. The molecule has 19 heavy (non-hydrogen) atoms. The van der Waals surface area contributed by atoms with Gasteiger partial charge in [0.25, 0.3) is 11.8 Å². The summed E-state index contributed by atoms with van der Waals surface area (Å²) in [5.41, 5.74) is 1.76. The van der Waals surface area contributed by atoms with E-state index in [1.54, 1.807) is 38.2 Å². The number of carbonyl (C=O) groups is 2. The predicted octanol–water partition coefficient (Wildman–Crippen LogP) is 1.46. The number of anilines is 1. The Bertz CT molecular complexity index is 606. The zero-order chi connectivity index (χ0) is 13.8. The first-order chi connectivity index (χ1) is 9.11. The largest absolute Gasteiger partial charge is 0.355 e. The quantitative estimate of drug-likeness (QED) is 0.889. The van der Waals surface area contributed by atoms with Crippen LogP contribution in [0.1, 0.15) is 25.7 Å². The van der Waals surface area contributed by atoms with E-state index in [-0.39, 0.29) is 11.8 Å². The van der Waals surface area contributed by atoms with Crippen LogP contribution in [0.3, 0.4) is 0 Å². The van der Waals surface area contributed by atoms with Crippen molar-refractivity contribution in [1.29, 1.82) is 0 Å². The second-order valence-electron chi connectivity index (χ2n) is 3.80. The van der Waals surface area contributed by atoms with E-state index in [4.69, 9.17) is 0 Å². The van der Waals surface area contributed by atoms with E-state index in [1.165, 1.54) is 0 Å². The third-order valence-electron chi connectivity index (χ3n) is 2.49. The van der Waals surface area contributed by atoms with Crippen LogP contribution in [0, 0.1) is 6.92 Å². The highest BCUT2D eigenvalue weighted by Gasteiger charge is 2.13. The second-order valence-corrected chi connectivity index (χ2v) is 4.55. The molecule has 0 radical (unpaired) electrons. The van der Waals surface area contributed by atoms with Crippen LogP contribution in [-0.4, -0.2) is 28.4 Å². The second kappa shape index (κ2) is 5.57. The molecule has 0 saturated heterocycles. The molecular weight excluding hydrogens is 264 g/mol. The van der Waals surface area contributed by atoms with Crippen molar-refractivity contribution in [1.82, 2.24) is 14.9 Å². The van der Waals surface area contributed by atoms with Crippen molar-refractivity contribution in [2.45, 2.75) is 6.92 Å². The van der Waals surface area contributed by atoms with Crippen molar-refractivity contribution in [3.63, 3.8) is 0 Å². The lowest BCUT2D eigenvalue weighted by Crippen LogP contribution is -2.17. The fourth-order valence-electron chi connectivity index (χ4n) is 1.48. The smallest absolute Gasteiger partial charge is 0.269 e. The van der Waals surface area contributed by atoms with Crippen LogP contribution in [0.4, 0.5) is 5.69 Å². The molecule has 1 aromatic heterocycles. The summed E-state index contributed by atoms with van der Waals surface area (Å²) in [4.78, 5) is 23.8. The molecule has 0 fully saturated rings. The van der Waals surface area contributed by atoms with Crippen LogP contribution in [0.5, 0.6) is 0 Å². The first-order valence-corrected chi connectivity index (χ1v) is 6.31. The molecule has 0 saturated carbocycles. The molecule has 0 spiro atoms. The van der Waals surface area contributed by atoms with Gasteiger partial charge in [-0.3, -0.25) is 9.59 Å². The first-order valence-electron chi connectivity index (χ1n) is 5.54. The van der Waals surface area contributed by atoms with Crippen LogP contribution >= 0.6 is 11.5 Å². The third-order valence-corrected chi connectivity index (χ3v) is 3.32. The number of amides is 2. The van der Waals surface area contributed by atoms with Gasteiger partial charge in [-0.05, 0) is 42.7 Å². The molecule has 7 heteroatoms. The molecule has 0 bridgehead atoms. The molecule has 1 heterocycles. The summed E-state index contributed by atoms with van der Waals surface area (Å²) in [5, 5.41) is 9.04. The normalized spacial score (nSPS) is 10.0. The fourth-order valence-corrected chi connectivity index (χ4v) is 2.03. The minimum atomic E-state index is -0.250. The van der Waals surface area contributed by atoms with Crippen LogP contribution in [-0.2, 0) is 0 Å². The van der Waals surface area contributed by atoms with Gasteiger partial charge in [0, 0.05) is 18.3 Å². The number of nitrogens with one attached hydrogen (secondary N) is 2. The number of carbonyl (C=O) groups excluding carboxylic acids is 2. The van der Waals surface area contributed by atoms with Crippen LogP contribution < -0.4 is 10.6 Å². The standard InChI is InChI=1S/C12H12N4O2S/c1-7-10(19-16-15-7)12(18)14-9-5-3-8(4-6-9)11(17)13-2/h3-6H,1-2H3,(H,13,17)(H,14,18). The molecule has 6 nitrogen and oxygen atoms in total. The van der Waals surface area contributed by atoms with E-state index in [0.717, 1.165) is 11.5 Å². The maximum atomic E-state index is 11.9. The Hall–Kier alpha value is -2.28. The lowest BCUT2D eigenvalue weighted by molar-refractivity contribution is 0.0962. The Morgan fingerprint density at radius 1 is 1.16 bits per heavy atom. The monoisotopic (exact) mass is 276 g/mol. The van der Waals surface area contributed by atoms with Crippen molar-refractivity contribution in [2.75, 3.05) is 12.4 Å². The Labute approximate surface area is 114 Å². The summed E-state index contributed by atoms with van der Waals surface area (Å²) in [6, 6.07) is 6.64. The number of rotatable bonds is 3.